The summed E-state index contributed by atoms with van der Waals surface area (Å²) in [6.45, 7) is 4.48. The predicted octanol–water partition coefficient (Wildman–Crippen LogP) is 3.82. The predicted molar refractivity (Wildman–Crippen MR) is 105 cm³/mol. The first kappa shape index (κ1) is 19.0. The van der Waals surface area contributed by atoms with E-state index in [0.717, 1.165) is 12.0 Å². The summed E-state index contributed by atoms with van der Waals surface area (Å²) in [7, 11) is 0. The molecule has 0 bridgehead atoms. The van der Waals surface area contributed by atoms with Gasteiger partial charge in [-0.05, 0) is 24.1 Å². The van der Waals surface area contributed by atoms with Crippen LogP contribution in [0.4, 0.5) is 5.88 Å². The maximum Gasteiger partial charge on any atom is 0.235 e. The third kappa shape index (κ3) is 4.50. The minimum atomic E-state index is 0.179. The maximum absolute atomic E-state index is 12.0. The van der Waals surface area contributed by atoms with E-state index in [-0.39, 0.29) is 11.6 Å². The fourth-order valence-electron chi connectivity index (χ4n) is 2.99. The van der Waals surface area contributed by atoms with Gasteiger partial charge in [0.15, 0.2) is 0 Å². The van der Waals surface area contributed by atoms with Gasteiger partial charge < -0.3 is 14.2 Å². The lowest BCUT2D eigenvalue weighted by molar-refractivity contribution is -0.131. The van der Waals surface area contributed by atoms with E-state index in [1.807, 2.05) is 41.0 Å². The van der Waals surface area contributed by atoms with Gasteiger partial charge in [-0.15, -0.1) is 0 Å². The van der Waals surface area contributed by atoms with E-state index in [0.29, 0.717) is 49.4 Å². The molecular weight excluding hydrogens is 364 g/mol. The Balaban J connectivity index is 1.71. The van der Waals surface area contributed by atoms with Crippen LogP contribution in [0.3, 0.4) is 0 Å². The van der Waals surface area contributed by atoms with Gasteiger partial charge >= 0.3 is 0 Å². The second-order valence-electron chi connectivity index (χ2n) is 6.29. The van der Waals surface area contributed by atoms with E-state index in [4.69, 9.17) is 16.0 Å². The number of hydrogen-bond donors (Lipinski definition) is 0. The van der Waals surface area contributed by atoms with Crippen molar-refractivity contribution < 1.29 is 9.21 Å². The lowest BCUT2D eigenvalue weighted by atomic mass is 10.2. The molecule has 140 valence electrons. The summed E-state index contributed by atoms with van der Waals surface area (Å²) >= 11 is 6.14. The van der Waals surface area contributed by atoms with E-state index in [1.165, 1.54) is 0 Å². The van der Waals surface area contributed by atoms with Crippen LogP contribution in [0.2, 0.25) is 5.02 Å². The number of halogens is 1. The second kappa shape index (κ2) is 8.74. The van der Waals surface area contributed by atoms with E-state index >= 15 is 0 Å². The highest BCUT2D eigenvalue weighted by atomic mass is 35.5. The summed E-state index contributed by atoms with van der Waals surface area (Å²) in [4.78, 5) is 20.1. The van der Waals surface area contributed by atoms with Crippen LogP contribution in [0.15, 0.2) is 28.7 Å². The molecule has 1 fully saturated rings. The minimum Gasteiger partial charge on any atom is -0.420 e. The highest BCUT2D eigenvalue weighted by molar-refractivity contribution is 6.32. The van der Waals surface area contributed by atoms with E-state index in [9.17, 15) is 10.1 Å². The zero-order valence-electron chi connectivity index (χ0n) is 15.2. The van der Waals surface area contributed by atoms with Crippen LogP contribution in [0.25, 0.3) is 12.2 Å². The van der Waals surface area contributed by atoms with Crippen LogP contribution in [-0.2, 0) is 4.79 Å². The molecule has 1 amide bonds. The Hall–Kier alpha value is -2.78. The molecule has 0 saturated carbocycles. The zero-order valence-corrected chi connectivity index (χ0v) is 15.9. The quantitative estimate of drug-likeness (QED) is 0.783. The number of benzene rings is 1. The lowest BCUT2D eigenvalue weighted by Crippen LogP contribution is -2.48. The van der Waals surface area contributed by atoms with Gasteiger partial charge in [0.2, 0.25) is 23.4 Å². The molecule has 0 N–H and O–H groups in total. The number of carbonyl (C=O) groups excluding carboxylic acids is 1. The molecule has 2 heterocycles. The SMILES string of the molecule is CCCC(=O)N1CCN(c2oc(/C=C/c3ccccc3Cl)nc2C#N)CC1. The van der Waals surface area contributed by atoms with Gasteiger partial charge in [0.25, 0.3) is 0 Å². The van der Waals surface area contributed by atoms with Crippen molar-refractivity contribution in [1.29, 1.82) is 5.26 Å². The van der Waals surface area contributed by atoms with Crippen LogP contribution in [-0.4, -0.2) is 42.0 Å². The topological polar surface area (TPSA) is 73.4 Å². The summed E-state index contributed by atoms with van der Waals surface area (Å²) in [6.07, 6.45) is 4.93. The first-order valence-electron chi connectivity index (χ1n) is 8.98. The van der Waals surface area contributed by atoms with Crippen LogP contribution in [0.1, 0.15) is 36.9 Å². The zero-order chi connectivity index (χ0) is 19.2. The van der Waals surface area contributed by atoms with Gasteiger partial charge in [-0.3, -0.25) is 4.79 Å². The fourth-order valence-corrected chi connectivity index (χ4v) is 3.19. The van der Waals surface area contributed by atoms with E-state index < -0.39 is 0 Å². The number of anilines is 1. The van der Waals surface area contributed by atoms with Crippen LogP contribution < -0.4 is 4.90 Å². The lowest BCUT2D eigenvalue weighted by Gasteiger charge is -2.34. The summed E-state index contributed by atoms with van der Waals surface area (Å²) in [6, 6.07) is 9.55. The minimum absolute atomic E-state index is 0.179. The van der Waals surface area contributed by atoms with E-state index in [1.54, 1.807) is 12.2 Å². The van der Waals surface area contributed by atoms with Gasteiger partial charge in [0.05, 0.1) is 0 Å². The van der Waals surface area contributed by atoms with Crippen LogP contribution >= 0.6 is 11.6 Å². The van der Waals surface area contributed by atoms with Crippen molar-refractivity contribution in [1.82, 2.24) is 9.88 Å². The van der Waals surface area contributed by atoms with Gasteiger partial charge in [-0.25, -0.2) is 0 Å². The Bertz CT molecular complexity index is 876. The first-order valence-corrected chi connectivity index (χ1v) is 9.36. The number of nitriles is 1. The standard InChI is InChI=1S/C20H21ClN4O2/c1-2-5-19(26)24-10-12-25(13-11-24)20-17(14-22)23-18(27-20)9-8-15-6-3-4-7-16(15)21/h3-4,6-9H,2,5,10-13H2,1H3/b9-8+. The first-order chi connectivity index (χ1) is 13.1. The Labute approximate surface area is 163 Å². The van der Waals surface area contributed by atoms with Gasteiger partial charge in [-0.1, -0.05) is 36.7 Å². The molecule has 0 atom stereocenters. The molecular formula is C20H21ClN4O2. The molecule has 1 saturated heterocycles. The molecule has 0 aliphatic carbocycles. The fraction of sp³-hybridized carbons (Fsp3) is 0.350. The van der Waals surface area contributed by atoms with E-state index in [2.05, 4.69) is 11.1 Å². The molecule has 0 radical (unpaired) electrons. The number of carbonyl (C=O) groups is 1. The van der Waals surface area contributed by atoms with Gasteiger partial charge in [0.1, 0.15) is 6.07 Å². The molecule has 1 aromatic heterocycles. The molecule has 6 nitrogen and oxygen atoms in total. The number of rotatable bonds is 5. The highest BCUT2D eigenvalue weighted by Gasteiger charge is 2.25. The molecule has 2 aromatic rings. The molecule has 27 heavy (non-hydrogen) atoms. The number of amides is 1. The van der Waals surface area contributed by atoms with Crippen LogP contribution in [0, 0.1) is 11.3 Å². The Kier molecular flexibility index (Phi) is 6.15. The summed E-state index contributed by atoms with van der Waals surface area (Å²) in [5, 5.41) is 10.0. The van der Waals surface area contributed by atoms with Crippen molar-refractivity contribution in [2.75, 3.05) is 31.1 Å². The number of oxazole rings is 1. The van der Waals surface area contributed by atoms with Crippen molar-refractivity contribution >= 4 is 35.5 Å². The van der Waals surface area contributed by atoms with Crippen molar-refractivity contribution in [3.8, 4) is 6.07 Å². The Morgan fingerprint density at radius 3 is 2.70 bits per heavy atom. The summed E-state index contributed by atoms with van der Waals surface area (Å²) < 4.78 is 5.81. The number of hydrogen-bond acceptors (Lipinski definition) is 5. The smallest absolute Gasteiger partial charge is 0.235 e. The largest absolute Gasteiger partial charge is 0.420 e. The van der Waals surface area contributed by atoms with Crippen LogP contribution in [0.5, 0.6) is 0 Å². The van der Waals surface area contributed by atoms with Gasteiger partial charge in [-0.2, -0.15) is 10.2 Å². The molecule has 7 heteroatoms. The normalized spacial score (nSPS) is 14.6. The number of aromatic nitrogens is 1. The molecule has 3 rings (SSSR count). The van der Waals surface area contributed by atoms with Crippen molar-refractivity contribution in [3.05, 3.63) is 46.4 Å². The van der Waals surface area contributed by atoms with Crippen molar-refractivity contribution in [3.63, 3.8) is 0 Å². The monoisotopic (exact) mass is 384 g/mol. The van der Waals surface area contributed by atoms with Crippen molar-refractivity contribution in [2.45, 2.75) is 19.8 Å². The molecule has 1 aromatic carbocycles. The average Bonchev–Trinajstić information content (AvgIpc) is 3.11. The molecule has 1 aliphatic rings. The number of nitrogens with zero attached hydrogens (tertiary/aromatic N) is 4. The molecule has 0 unspecified atom stereocenters. The molecule has 1 aliphatic heterocycles. The average molecular weight is 385 g/mol. The summed E-state index contributed by atoms with van der Waals surface area (Å²) in [5.41, 5.74) is 1.10. The maximum atomic E-state index is 12.0. The van der Waals surface area contributed by atoms with Gasteiger partial charge in [0, 0.05) is 43.7 Å². The Morgan fingerprint density at radius 2 is 2.04 bits per heavy atom. The number of piperazine rings is 1. The Morgan fingerprint density at radius 1 is 1.30 bits per heavy atom. The second-order valence-corrected chi connectivity index (χ2v) is 6.70. The third-order valence-corrected chi connectivity index (χ3v) is 4.77. The summed E-state index contributed by atoms with van der Waals surface area (Å²) in [5.74, 6) is 0.989. The van der Waals surface area contributed by atoms with Crippen molar-refractivity contribution in [2.24, 2.45) is 0 Å². The molecule has 0 spiro atoms. The highest BCUT2D eigenvalue weighted by Crippen LogP contribution is 2.25. The third-order valence-electron chi connectivity index (χ3n) is 4.43.